The molecule has 0 amide bonds. The maximum Gasteiger partial charge on any atom is 0.0443 e. The fourth-order valence-electron chi connectivity index (χ4n) is 1.63. The molecule has 0 saturated heterocycles. The van der Waals surface area contributed by atoms with Gasteiger partial charge in [-0.2, -0.15) is 0 Å². The van der Waals surface area contributed by atoms with Crippen LogP contribution in [0.4, 0.5) is 0 Å². The Morgan fingerprint density at radius 1 is 1.35 bits per heavy atom. The molecule has 1 N–H and O–H groups in total. The van der Waals surface area contributed by atoms with Crippen molar-refractivity contribution in [3.05, 3.63) is 41.7 Å². The smallest absolute Gasteiger partial charge is 0.0443 e. The van der Waals surface area contributed by atoms with Gasteiger partial charge in [-0.25, -0.2) is 0 Å². The largest absolute Gasteiger partial charge is 0.312 e. The van der Waals surface area contributed by atoms with E-state index in [1.54, 1.807) is 0 Å². The number of hydrogen-bond acceptors (Lipinski definition) is 2. The van der Waals surface area contributed by atoms with Crippen molar-refractivity contribution in [1.29, 1.82) is 0 Å². The average molecular weight is 232 g/mol. The third-order valence-corrected chi connectivity index (χ3v) is 2.48. The number of nitrogens with one attached hydrogen (secondary N) is 1. The molecule has 0 aromatic carbocycles. The summed E-state index contributed by atoms with van der Waals surface area (Å²) in [6, 6.07) is 6.07. The molecule has 17 heavy (non-hydrogen) atoms. The van der Waals surface area contributed by atoms with Crippen molar-refractivity contribution >= 4 is 0 Å². The Hall–Kier alpha value is -1.15. The standard InChI is InChI=1S/C15H24N2/c1-13(8-7-11-17-15(2,3)4)12-14-9-5-6-10-16-14/h5-6,8-10,17H,7,11-12H2,1-4H3. The highest BCUT2D eigenvalue weighted by Gasteiger charge is 2.06. The number of allylic oxidation sites excluding steroid dienone is 1. The van der Waals surface area contributed by atoms with Crippen LogP contribution < -0.4 is 5.32 Å². The number of nitrogens with zero attached hydrogens (tertiary/aromatic N) is 1. The molecule has 0 fully saturated rings. The highest BCUT2D eigenvalue weighted by Crippen LogP contribution is 2.05. The Labute approximate surface area is 105 Å². The van der Waals surface area contributed by atoms with Gasteiger partial charge in [0.15, 0.2) is 0 Å². The van der Waals surface area contributed by atoms with Crippen LogP contribution in [0.5, 0.6) is 0 Å². The quantitative estimate of drug-likeness (QED) is 0.622. The Morgan fingerprint density at radius 3 is 2.71 bits per heavy atom. The van der Waals surface area contributed by atoms with Crippen LogP contribution in [0, 0.1) is 0 Å². The van der Waals surface area contributed by atoms with E-state index in [0.717, 1.165) is 25.1 Å². The van der Waals surface area contributed by atoms with Crippen LogP contribution >= 0.6 is 0 Å². The van der Waals surface area contributed by atoms with E-state index in [1.807, 2.05) is 18.3 Å². The Balaban J connectivity index is 2.31. The molecule has 0 unspecified atom stereocenters. The Kier molecular flexibility index (Phi) is 5.36. The molecular weight excluding hydrogens is 208 g/mol. The summed E-state index contributed by atoms with van der Waals surface area (Å²) >= 11 is 0. The molecule has 1 rings (SSSR count). The van der Waals surface area contributed by atoms with Crippen LogP contribution in [0.3, 0.4) is 0 Å². The second-order valence-electron chi connectivity index (χ2n) is 5.51. The van der Waals surface area contributed by atoms with Crippen LogP contribution in [-0.2, 0) is 6.42 Å². The SMILES string of the molecule is CC(=CCCNC(C)(C)C)Cc1ccccn1. The van der Waals surface area contributed by atoms with Crippen molar-refractivity contribution in [3.8, 4) is 0 Å². The molecule has 0 atom stereocenters. The highest BCUT2D eigenvalue weighted by molar-refractivity contribution is 5.13. The summed E-state index contributed by atoms with van der Waals surface area (Å²) in [7, 11) is 0. The predicted molar refractivity (Wildman–Crippen MR) is 74.1 cm³/mol. The molecule has 0 aliphatic carbocycles. The van der Waals surface area contributed by atoms with Gasteiger partial charge in [0.25, 0.3) is 0 Å². The Bertz CT molecular complexity index is 347. The first-order chi connectivity index (χ1) is 7.97. The molecule has 1 aromatic heterocycles. The molecule has 0 aliphatic heterocycles. The summed E-state index contributed by atoms with van der Waals surface area (Å²) in [6.45, 7) is 9.78. The second kappa shape index (κ2) is 6.55. The van der Waals surface area contributed by atoms with Crippen molar-refractivity contribution in [2.45, 2.75) is 46.1 Å². The lowest BCUT2D eigenvalue weighted by molar-refractivity contribution is 0.431. The van der Waals surface area contributed by atoms with E-state index in [9.17, 15) is 0 Å². The third-order valence-electron chi connectivity index (χ3n) is 2.48. The number of pyridine rings is 1. The first kappa shape index (κ1) is 13.9. The fourth-order valence-corrected chi connectivity index (χ4v) is 1.63. The van der Waals surface area contributed by atoms with Crippen molar-refractivity contribution in [1.82, 2.24) is 10.3 Å². The topological polar surface area (TPSA) is 24.9 Å². The van der Waals surface area contributed by atoms with Gasteiger partial charge < -0.3 is 5.32 Å². The second-order valence-corrected chi connectivity index (χ2v) is 5.51. The van der Waals surface area contributed by atoms with Gasteiger partial charge in [-0.3, -0.25) is 4.98 Å². The van der Waals surface area contributed by atoms with E-state index >= 15 is 0 Å². The van der Waals surface area contributed by atoms with Gasteiger partial charge in [0.05, 0.1) is 0 Å². The van der Waals surface area contributed by atoms with Gasteiger partial charge in [0.2, 0.25) is 0 Å². The lowest BCUT2D eigenvalue weighted by Crippen LogP contribution is -2.36. The number of hydrogen-bond donors (Lipinski definition) is 1. The molecule has 94 valence electrons. The Morgan fingerprint density at radius 2 is 2.12 bits per heavy atom. The predicted octanol–water partition coefficient (Wildman–Crippen LogP) is 3.35. The lowest BCUT2D eigenvalue weighted by atomic mass is 10.1. The first-order valence-electron chi connectivity index (χ1n) is 6.28. The van der Waals surface area contributed by atoms with Gasteiger partial charge in [-0.1, -0.05) is 17.7 Å². The maximum absolute atomic E-state index is 4.33. The summed E-state index contributed by atoms with van der Waals surface area (Å²) in [5.74, 6) is 0. The normalized spacial score (nSPS) is 12.8. The molecule has 0 spiro atoms. The zero-order valence-electron chi connectivity index (χ0n) is 11.5. The molecule has 1 aromatic rings. The molecular formula is C15H24N2. The highest BCUT2D eigenvalue weighted by atomic mass is 14.9. The molecule has 0 bridgehead atoms. The first-order valence-corrected chi connectivity index (χ1v) is 6.28. The van der Waals surface area contributed by atoms with Crippen LogP contribution in [0.15, 0.2) is 36.0 Å². The van der Waals surface area contributed by atoms with Gasteiger partial charge in [-0.15, -0.1) is 0 Å². The average Bonchev–Trinajstić information content (AvgIpc) is 2.25. The zero-order valence-corrected chi connectivity index (χ0v) is 11.5. The molecule has 0 radical (unpaired) electrons. The lowest BCUT2D eigenvalue weighted by Gasteiger charge is -2.19. The van der Waals surface area contributed by atoms with Crippen LogP contribution in [0.2, 0.25) is 0 Å². The summed E-state index contributed by atoms with van der Waals surface area (Å²) in [6.07, 6.45) is 6.18. The minimum atomic E-state index is 0.211. The number of rotatable bonds is 5. The van der Waals surface area contributed by atoms with E-state index in [1.165, 1.54) is 5.57 Å². The van der Waals surface area contributed by atoms with Crippen LogP contribution in [0.1, 0.15) is 39.8 Å². The summed E-state index contributed by atoms with van der Waals surface area (Å²) in [4.78, 5) is 4.33. The monoisotopic (exact) mass is 232 g/mol. The zero-order chi connectivity index (χ0) is 12.7. The van der Waals surface area contributed by atoms with Gasteiger partial charge >= 0.3 is 0 Å². The summed E-state index contributed by atoms with van der Waals surface area (Å²) < 4.78 is 0. The van der Waals surface area contributed by atoms with Crippen molar-refractivity contribution in [2.24, 2.45) is 0 Å². The van der Waals surface area contributed by atoms with Gasteiger partial charge in [0.1, 0.15) is 0 Å². The van der Waals surface area contributed by atoms with Crippen molar-refractivity contribution < 1.29 is 0 Å². The van der Waals surface area contributed by atoms with Gasteiger partial charge in [-0.05, 0) is 52.8 Å². The van der Waals surface area contributed by atoms with E-state index in [-0.39, 0.29) is 5.54 Å². The van der Waals surface area contributed by atoms with Gasteiger partial charge in [0, 0.05) is 23.9 Å². The fraction of sp³-hybridized carbons (Fsp3) is 0.533. The summed E-state index contributed by atoms with van der Waals surface area (Å²) in [5.41, 5.74) is 2.74. The van der Waals surface area contributed by atoms with Crippen LogP contribution in [-0.4, -0.2) is 17.1 Å². The molecule has 0 aliphatic rings. The van der Waals surface area contributed by atoms with Crippen molar-refractivity contribution in [2.75, 3.05) is 6.54 Å². The van der Waals surface area contributed by atoms with E-state index in [2.05, 4.69) is 50.1 Å². The molecule has 2 heteroatoms. The third kappa shape index (κ3) is 6.90. The minimum absolute atomic E-state index is 0.211. The van der Waals surface area contributed by atoms with Crippen LogP contribution in [0.25, 0.3) is 0 Å². The molecule has 1 heterocycles. The minimum Gasteiger partial charge on any atom is -0.312 e. The number of aromatic nitrogens is 1. The van der Waals surface area contributed by atoms with Crippen molar-refractivity contribution in [3.63, 3.8) is 0 Å². The van der Waals surface area contributed by atoms with E-state index in [0.29, 0.717) is 0 Å². The summed E-state index contributed by atoms with van der Waals surface area (Å²) in [5, 5.41) is 3.48. The molecule has 0 saturated carbocycles. The maximum atomic E-state index is 4.33. The van der Waals surface area contributed by atoms with E-state index in [4.69, 9.17) is 0 Å². The molecule has 2 nitrogen and oxygen atoms in total. The van der Waals surface area contributed by atoms with E-state index < -0.39 is 0 Å².